The first kappa shape index (κ1) is 19.8. The van der Waals surface area contributed by atoms with E-state index in [0.29, 0.717) is 33.2 Å². The van der Waals surface area contributed by atoms with Crippen LogP contribution in [0.2, 0.25) is 0 Å². The molecule has 0 aliphatic carbocycles. The fraction of sp³-hybridized carbons (Fsp3) is 0.368. The second kappa shape index (κ2) is 7.97. The molecule has 28 heavy (non-hydrogen) atoms. The van der Waals surface area contributed by atoms with Gasteiger partial charge in [-0.3, -0.25) is 4.79 Å². The van der Waals surface area contributed by atoms with E-state index in [1.54, 1.807) is 19.1 Å². The molecule has 0 aliphatic rings. The molecule has 3 rings (SSSR count). The molecule has 0 spiro atoms. The van der Waals surface area contributed by atoms with Gasteiger partial charge in [-0.05, 0) is 12.5 Å². The topological polar surface area (TPSA) is 104 Å². The second-order valence-corrected chi connectivity index (χ2v) is 7.53. The largest absolute Gasteiger partial charge is 0.496 e. The number of aromatic nitrogens is 2. The second-order valence-electron chi connectivity index (χ2n) is 6.52. The molecule has 1 amide bonds. The molecular weight excluding hydrogens is 382 g/mol. The summed E-state index contributed by atoms with van der Waals surface area (Å²) >= 11 is 1.31. The van der Waals surface area contributed by atoms with Crippen LogP contribution in [0.3, 0.4) is 0 Å². The van der Waals surface area contributed by atoms with Crippen molar-refractivity contribution in [3.05, 3.63) is 38.7 Å². The molecule has 1 N–H and O–H groups in total. The highest BCUT2D eigenvalue weighted by atomic mass is 32.1. The minimum atomic E-state index is -0.574. The van der Waals surface area contributed by atoms with E-state index >= 15 is 0 Å². The summed E-state index contributed by atoms with van der Waals surface area (Å²) in [5.41, 5.74) is 0.659. The summed E-state index contributed by atoms with van der Waals surface area (Å²) in [4.78, 5) is 24.9. The normalized spacial score (nSPS) is 11.1. The molecule has 3 aromatic rings. The number of benzene rings is 1. The van der Waals surface area contributed by atoms with Crippen LogP contribution in [0.1, 0.15) is 35.9 Å². The predicted octanol–water partition coefficient (Wildman–Crippen LogP) is 3.27. The Hall–Kier alpha value is -2.94. The highest BCUT2D eigenvalue weighted by molar-refractivity contribution is 7.15. The summed E-state index contributed by atoms with van der Waals surface area (Å²) in [6.45, 7) is 5.76. The number of nitrogens with one attached hydrogen (secondary N) is 1. The van der Waals surface area contributed by atoms with E-state index < -0.39 is 5.63 Å². The SMILES string of the molecule is COc1cc(OC)c2c(C)c(CC(=O)Nc3nnc(C(C)C)s3)c(=O)oc2c1. The van der Waals surface area contributed by atoms with Gasteiger partial charge in [0.15, 0.2) is 0 Å². The monoisotopic (exact) mass is 403 g/mol. The lowest BCUT2D eigenvalue weighted by Gasteiger charge is -2.12. The first-order valence-electron chi connectivity index (χ1n) is 8.65. The van der Waals surface area contributed by atoms with E-state index in [1.165, 1.54) is 25.6 Å². The lowest BCUT2D eigenvalue weighted by atomic mass is 10.0. The summed E-state index contributed by atoms with van der Waals surface area (Å²) in [6.07, 6.45) is -0.143. The van der Waals surface area contributed by atoms with E-state index in [9.17, 15) is 9.59 Å². The Morgan fingerprint density at radius 1 is 1.25 bits per heavy atom. The van der Waals surface area contributed by atoms with Crippen molar-refractivity contribution in [2.45, 2.75) is 33.1 Å². The van der Waals surface area contributed by atoms with Crippen molar-refractivity contribution in [1.82, 2.24) is 10.2 Å². The maximum atomic E-state index is 12.5. The van der Waals surface area contributed by atoms with Crippen LogP contribution in [-0.2, 0) is 11.2 Å². The van der Waals surface area contributed by atoms with Crippen LogP contribution in [0.15, 0.2) is 21.3 Å². The van der Waals surface area contributed by atoms with Gasteiger partial charge in [-0.25, -0.2) is 4.79 Å². The summed E-state index contributed by atoms with van der Waals surface area (Å²) in [5.74, 6) is 0.869. The maximum Gasteiger partial charge on any atom is 0.340 e. The molecule has 0 radical (unpaired) electrons. The quantitative estimate of drug-likeness (QED) is 0.630. The van der Waals surface area contributed by atoms with Gasteiger partial charge in [0.1, 0.15) is 22.1 Å². The zero-order valence-electron chi connectivity index (χ0n) is 16.3. The van der Waals surface area contributed by atoms with Crippen molar-refractivity contribution in [2.24, 2.45) is 0 Å². The molecule has 2 heterocycles. The number of carbonyl (C=O) groups is 1. The molecule has 0 saturated heterocycles. The molecule has 9 heteroatoms. The van der Waals surface area contributed by atoms with Crippen molar-refractivity contribution in [3.8, 4) is 11.5 Å². The zero-order chi connectivity index (χ0) is 20.4. The van der Waals surface area contributed by atoms with E-state index in [0.717, 1.165) is 5.01 Å². The van der Waals surface area contributed by atoms with Gasteiger partial charge in [0, 0.05) is 18.1 Å². The fourth-order valence-corrected chi connectivity index (χ4v) is 3.57. The number of aryl methyl sites for hydroxylation is 1. The minimum Gasteiger partial charge on any atom is -0.496 e. The number of fused-ring (bicyclic) bond motifs is 1. The molecule has 148 valence electrons. The number of anilines is 1. The van der Waals surface area contributed by atoms with Gasteiger partial charge < -0.3 is 19.2 Å². The Bertz CT molecular complexity index is 1090. The van der Waals surface area contributed by atoms with Gasteiger partial charge in [0.2, 0.25) is 11.0 Å². The number of amides is 1. The van der Waals surface area contributed by atoms with Gasteiger partial charge >= 0.3 is 5.63 Å². The van der Waals surface area contributed by atoms with Crippen LogP contribution >= 0.6 is 11.3 Å². The molecule has 0 bridgehead atoms. The molecule has 1 aromatic carbocycles. The molecule has 8 nitrogen and oxygen atoms in total. The van der Waals surface area contributed by atoms with Crippen LogP contribution in [0.4, 0.5) is 5.13 Å². The summed E-state index contributed by atoms with van der Waals surface area (Å²) < 4.78 is 16.0. The molecule has 0 saturated carbocycles. The standard InChI is InChI=1S/C19H21N3O5S/c1-9(2)17-21-22-19(28-17)20-15(23)8-12-10(3)16-13(26-5)6-11(25-4)7-14(16)27-18(12)24/h6-7,9H,8H2,1-5H3,(H,20,22,23). The minimum absolute atomic E-state index is 0.143. The average molecular weight is 403 g/mol. The van der Waals surface area contributed by atoms with E-state index in [4.69, 9.17) is 13.9 Å². The van der Waals surface area contributed by atoms with Crippen molar-refractivity contribution < 1.29 is 18.7 Å². The number of ether oxygens (including phenoxy) is 2. The first-order valence-corrected chi connectivity index (χ1v) is 9.47. The van der Waals surface area contributed by atoms with Crippen molar-refractivity contribution >= 4 is 33.3 Å². The number of hydrogen-bond donors (Lipinski definition) is 1. The van der Waals surface area contributed by atoms with Crippen molar-refractivity contribution in [3.63, 3.8) is 0 Å². The Labute approximate surface area is 165 Å². The van der Waals surface area contributed by atoms with E-state index in [2.05, 4.69) is 15.5 Å². The van der Waals surface area contributed by atoms with Crippen LogP contribution in [-0.4, -0.2) is 30.3 Å². The van der Waals surface area contributed by atoms with Crippen LogP contribution in [0.25, 0.3) is 11.0 Å². The molecular formula is C19H21N3O5S. The number of rotatable bonds is 6. The third-order valence-electron chi connectivity index (χ3n) is 4.29. The zero-order valence-corrected chi connectivity index (χ0v) is 17.1. The number of hydrogen-bond acceptors (Lipinski definition) is 8. The van der Waals surface area contributed by atoms with Crippen LogP contribution in [0.5, 0.6) is 11.5 Å². The van der Waals surface area contributed by atoms with E-state index in [1.807, 2.05) is 13.8 Å². The van der Waals surface area contributed by atoms with Crippen molar-refractivity contribution in [2.75, 3.05) is 19.5 Å². The molecule has 0 unspecified atom stereocenters. The fourth-order valence-electron chi connectivity index (χ4n) is 2.81. The number of methoxy groups -OCH3 is 2. The lowest BCUT2D eigenvalue weighted by molar-refractivity contribution is -0.115. The molecule has 0 aliphatic heterocycles. The van der Waals surface area contributed by atoms with Crippen LogP contribution in [0, 0.1) is 6.92 Å². The number of carbonyl (C=O) groups excluding carboxylic acids is 1. The molecule has 0 atom stereocenters. The third-order valence-corrected chi connectivity index (χ3v) is 5.43. The maximum absolute atomic E-state index is 12.5. The molecule has 2 aromatic heterocycles. The Morgan fingerprint density at radius 3 is 2.61 bits per heavy atom. The highest BCUT2D eigenvalue weighted by Gasteiger charge is 2.19. The first-order chi connectivity index (χ1) is 13.3. The lowest BCUT2D eigenvalue weighted by Crippen LogP contribution is -2.20. The van der Waals surface area contributed by atoms with Gasteiger partial charge in [0.05, 0.1) is 31.6 Å². The summed E-state index contributed by atoms with van der Waals surface area (Å²) in [5, 5.41) is 12.5. The van der Waals surface area contributed by atoms with Gasteiger partial charge in [-0.2, -0.15) is 0 Å². The molecule has 0 fully saturated rings. The van der Waals surface area contributed by atoms with Crippen LogP contribution < -0.4 is 20.4 Å². The predicted molar refractivity (Wildman–Crippen MR) is 107 cm³/mol. The summed E-state index contributed by atoms with van der Waals surface area (Å²) in [6, 6.07) is 3.32. The van der Waals surface area contributed by atoms with Crippen molar-refractivity contribution in [1.29, 1.82) is 0 Å². The smallest absolute Gasteiger partial charge is 0.340 e. The Balaban J connectivity index is 1.94. The summed E-state index contributed by atoms with van der Waals surface area (Å²) in [7, 11) is 3.04. The van der Waals surface area contributed by atoms with Gasteiger partial charge in [-0.15, -0.1) is 10.2 Å². The van der Waals surface area contributed by atoms with Gasteiger partial charge in [-0.1, -0.05) is 25.2 Å². The Kier molecular flexibility index (Phi) is 5.64. The van der Waals surface area contributed by atoms with Gasteiger partial charge in [0.25, 0.3) is 0 Å². The highest BCUT2D eigenvalue weighted by Crippen LogP contribution is 2.33. The van der Waals surface area contributed by atoms with E-state index in [-0.39, 0.29) is 23.8 Å². The average Bonchev–Trinajstić information content (AvgIpc) is 3.12. The third kappa shape index (κ3) is 3.84. The number of nitrogens with zero attached hydrogens (tertiary/aromatic N) is 2. The Morgan fingerprint density at radius 2 is 2.00 bits per heavy atom.